The molecule has 0 aliphatic carbocycles. The number of rotatable bonds is 5. The van der Waals surface area contributed by atoms with Crippen LogP contribution in [0.15, 0.2) is 18.3 Å². The maximum Gasteiger partial charge on any atom is 0.136 e. The molecule has 104 valence electrons. The highest BCUT2D eigenvalue weighted by molar-refractivity contribution is 7.80. The largest absolute Gasteiger partial charge is 0.389 e. The first-order valence-corrected chi connectivity index (χ1v) is 7.21. The van der Waals surface area contributed by atoms with Crippen molar-refractivity contribution in [2.45, 2.75) is 26.3 Å². The Labute approximate surface area is 120 Å². The number of nitrogens with zero attached hydrogens (tertiary/aromatic N) is 2. The van der Waals surface area contributed by atoms with Crippen LogP contribution in [0.5, 0.6) is 0 Å². The van der Waals surface area contributed by atoms with Gasteiger partial charge in [0.25, 0.3) is 0 Å². The molecule has 0 amide bonds. The lowest BCUT2D eigenvalue weighted by molar-refractivity contribution is 0.266. The summed E-state index contributed by atoms with van der Waals surface area (Å²) in [6.45, 7) is 7.77. The van der Waals surface area contributed by atoms with Crippen LogP contribution in [-0.4, -0.2) is 40.5 Å². The van der Waals surface area contributed by atoms with Gasteiger partial charge in [0.2, 0.25) is 0 Å². The fourth-order valence-electron chi connectivity index (χ4n) is 2.48. The van der Waals surface area contributed by atoms with E-state index in [-0.39, 0.29) is 0 Å². The lowest BCUT2D eigenvalue weighted by atomic mass is 10.1. The van der Waals surface area contributed by atoms with E-state index in [2.05, 4.69) is 29.0 Å². The van der Waals surface area contributed by atoms with Crippen molar-refractivity contribution >= 4 is 23.0 Å². The Morgan fingerprint density at radius 1 is 1.63 bits per heavy atom. The average molecular weight is 278 g/mol. The van der Waals surface area contributed by atoms with E-state index < -0.39 is 0 Å². The van der Waals surface area contributed by atoms with Crippen LogP contribution < -0.4 is 11.1 Å². The maximum atomic E-state index is 5.70. The normalized spacial score (nSPS) is 19.8. The molecule has 2 heterocycles. The topological polar surface area (TPSA) is 54.2 Å². The summed E-state index contributed by atoms with van der Waals surface area (Å²) in [6.07, 6.45) is 3.00. The minimum atomic E-state index is 0.394. The van der Waals surface area contributed by atoms with Gasteiger partial charge in [-0.2, -0.15) is 0 Å². The van der Waals surface area contributed by atoms with Crippen LogP contribution in [0, 0.1) is 5.92 Å². The second-order valence-electron chi connectivity index (χ2n) is 5.39. The summed E-state index contributed by atoms with van der Waals surface area (Å²) in [4.78, 5) is 7.23. The summed E-state index contributed by atoms with van der Waals surface area (Å²) in [5.74, 6) is 1.47. The Hall–Kier alpha value is -1.20. The molecular formula is C14H22N4S. The minimum absolute atomic E-state index is 0.394. The van der Waals surface area contributed by atoms with Gasteiger partial charge in [-0.15, -0.1) is 0 Å². The highest BCUT2D eigenvalue weighted by Gasteiger charge is 2.24. The predicted molar refractivity (Wildman–Crippen MR) is 83.4 cm³/mol. The van der Waals surface area contributed by atoms with Gasteiger partial charge in [0, 0.05) is 25.3 Å². The van der Waals surface area contributed by atoms with Crippen molar-refractivity contribution in [1.29, 1.82) is 0 Å². The van der Waals surface area contributed by atoms with E-state index >= 15 is 0 Å². The van der Waals surface area contributed by atoms with Gasteiger partial charge in [-0.25, -0.2) is 4.98 Å². The molecule has 0 aromatic carbocycles. The van der Waals surface area contributed by atoms with Crippen molar-refractivity contribution in [3.8, 4) is 0 Å². The smallest absolute Gasteiger partial charge is 0.136 e. The van der Waals surface area contributed by atoms with Gasteiger partial charge < -0.3 is 16.0 Å². The molecular weight excluding hydrogens is 256 g/mol. The number of hydrogen-bond acceptors (Lipinski definition) is 4. The maximum absolute atomic E-state index is 5.70. The summed E-state index contributed by atoms with van der Waals surface area (Å²) in [6, 6.07) is 4.40. The molecule has 1 aromatic heterocycles. The van der Waals surface area contributed by atoms with Gasteiger partial charge in [0.15, 0.2) is 0 Å². The van der Waals surface area contributed by atoms with E-state index in [1.54, 1.807) is 6.20 Å². The molecule has 0 spiro atoms. The highest BCUT2D eigenvalue weighted by atomic mass is 32.1. The molecule has 0 saturated carbocycles. The van der Waals surface area contributed by atoms with Crippen molar-refractivity contribution in [3.63, 3.8) is 0 Å². The number of hydrogen-bond donors (Lipinski definition) is 2. The number of pyridine rings is 1. The zero-order valence-electron chi connectivity index (χ0n) is 11.6. The quantitative estimate of drug-likeness (QED) is 0.805. The first kappa shape index (κ1) is 14.2. The summed E-state index contributed by atoms with van der Waals surface area (Å²) >= 11 is 5.04. The van der Waals surface area contributed by atoms with Gasteiger partial charge in [-0.1, -0.05) is 12.2 Å². The molecule has 1 atom stereocenters. The summed E-state index contributed by atoms with van der Waals surface area (Å²) in [5, 5.41) is 3.39. The Balaban J connectivity index is 1.91. The molecule has 1 aliphatic heterocycles. The van der Waals surface area contributed by atoms with Gasteiger partial charge in [-0.3, -0.25) is 0 Å². The van der Waals surface area contributed by atoms with Crippen LogP contribution in [0.4, 0.5) is 5.82 Å². The molecule has 19 heavy (non-hydrogen) atoms. The van der Waals surface area contributed by atoms with E-state index in [4.69, 9.17) is 18.0 Å². The van der Waals surface area contributed by atoms with E-state index in [1.807, 2.05) is 12.1 Å². The Kier molecular flexibility index (Phi) is 4.71. The van der Waals surface area contributed by atoms with Crippen LogP contribution in [0.25, 0.3) is 0 Å². The second-order valence-corrected chi connectivity index (χ2v) is 5.83. The van der Waals surface area contributed by atoms with Crippen molar-refractivity contribution < 1.29 is 0 Å². The number of nitrogens with two attached hydrogens (primary N) is 1. The van der Waals surface area contributed by atoms with Crippen LogP contribution in [0.1, 0.15) is 25.8 Å². The van der Waals surface area contributed by atoms with Gasteiger partial charge in [0.1, 0.15) is 10.8 Å². The van der Waals surface area contributed by atoms with Crippen LogP contribution in [-0.2, 0) is 0 Å². The first-order valence-electron chi connectivity index (χ1n) is 6.80. The third-order valence-electron chi connectivity index (χ3n) is 3.68. The first-order chi connectivity index (χ1) is 9.08. The number of thiocarbonyl (C=S) groups is 1. The average Bonchev–Trinajstić information content (AvgIpc) is 2.85. The molecule has 2 rings (SSSR count). The lowest BCUT2D eigenvalue weighted by Crippen LogP contribution is -2.29. The van der Waals surface area contributed by atoms with E-state index in [0.29, 0.717) is 16.9 Å². The highest BCUT2D eigenvalue weighted by Crippen LogP contribution is 2.19. The van der Waals surface area contributed by atoms with E-state index in [0.717, 1.165) is 24.5 Å². The molecule has 5 heteroatoms. The van der Waals surface area contributed by atoms with Crippen molar-refractivity contribution in [3.05, 3.63) is 23.9 Å². The zero-order valence-corrected chi connectivity index (χ0v) is 12.4. The molecule has 1 aromatic rings. The number of likely N-dealkylation sites (tertiary alicyclic amines) is 1. The predicted octanol–water partition coefficient (Wildman–Crippen LogP) is 1.86. The molecule has 0 bridgehead atoms. The molecule has 0 radical (unpaired) electrons. The third kappa shape index (κ3) is 3.64. The molecule has 1 fully saturated rings. The van der Waals surface area contributed by atoms with E-state index in [1.165, 1.54) is 13.0 Å². The van der Waals surface area contributed by atoms with Crippen molar-refractivity contribution in [1.82, 2.24) is 9.88 Å². The van der Waals surface area contributed by atoms with Crippen LogP contribution in [0.3, 0.4) is 0 Å². The standard InChI is InChI=1S/C14H22N4S/c1-10(2)18-7-5-11(9-18)8-17-14-12(13(15)19)4-3-6-16-14/h3-4,6,10-11H,5,7-9H2,1-2H3,(H2,15,19)(H,16,17). The molecule has 1 saturated heterocycles. The number of nitrogens with one attached hydrogen (secondary N) is 1. The van der Waals surface area contributed by atoms with Crippen molar-refractivity contribution in [2.24, 2.45) is 11.7 Å². The Morgan fingerprint density at radius 3 is 3.05 bits per heavy atom. The SMILES string of the molecule is CC(C)N1CCC(CNc2ncccc2C(N)=S)C1. The molecule has 4 nitrogen and oxygen atoms in total. The van der Waals surface area contributed by atoms with Gasteiger partial charge >= 0.3 is 0 Å². The Bertz CT molecular complexity index is 447. The fourth-order valence-corrected chi connectivity index (χ4v) is 2.65. The summed E-state index contributed by atoms with van der Waals surface area (Å²) in [5.41, 5.74) is 6.53. The minimum Gasteiger partial charge on any atom is -0.389 e. The second kappa shape index (κ2) is 6.30. The number of aromatic nitrogens is 1. The lowest BCUT2D eigenvalue weighted by Gasteiger charge is -2.20. The van der Waals surface area contributed by atoms with Crippen LogP contribution >= 0.6 is 12.2 Å². The zero-order chi connectivity index (χ0) is 13.8. The monoisotopic (exact) mass is 278 g/mol. The van der Waals surface area contributed by atoms with Gasteiger partial charge in [0.05, 0.1) is 5.56 Å². The summed E-state index contributed by atoms with van der Waals surface area (Å²) < 4.78 is 0. The van der Waals surface area contributed by atoms with E-state index in [9.17, 15) is 0 Å². The number of anilines is 1. The third-order valence-corrected chi connectivity index (χ3v) is 3.90. The van der Waals surface area contributed by atoms with Gasteiger partial charge in [-0.05, 0) is 44.9 Å². The Morgan fingerprint density at radius 2 is 2.42 bits per heavy atom. The fraction of sp³-hybridized carbons (Fsp3) is 0.571. The van der Waals surface area contributed by atoms with Crippen LogP contribution in [0.2, 0.25) is 0 Å². The summed E-state index contributed by atoms with van der Waals surface area (Å²) in [7, 11) is 0. The van der Waals surface area contributed by atoms with Crippen molar-refractivity contribution in [2.75, 3.05) is 25.0 Å². The molecule has 1 aliphatic rings. The molecule has 3 N–H and O–H groups in total. The molecule has 1 unspecified atom stereocenters.